The highest BCUT2D eigenvalue weighted by Crippen LogP contribution is 2.24. The molecular weight excluding hydrogens is 247 g/mol. The van der Waals surface area contributed by atoms with E-state index < -0.39 is 5.82 Å². The Hall–Kier alpha value is -1.43. The summed E-state index contributed by atoms with van der Waals surface area (Å²) in [6, 6.07) is 0. The lowest BCUT2D eigenvalue weighted by atomic mass is 9.97. The minimum Gasteiger partial charge on any atom is -0.393 e. The Labute approximate surface area is 112 Å². The van der Waals surface area contributed by atoms with Gasteiger partial charge in [0.15, 0.2) is 11.6 Å². The molecule has 0 spiro atoms. The minimum absolute atomic E-state index is 0.121. The molecule has 1 aromatic heterocycles. The summed E-state index contributed by atoms with van der Waals surface area (Å²) in [5.41, 5.74) is 0. The van der Waals surface area contributed by atoms with E-state index in [1.54, 1.807) is 0 Å². The van der Waals surface area contributed by atoms with Crippen molar-refractivity contribution in [3.05, 3.63) is 12.0 Å². The van der Waals surface area contributed by atoms with Crippen LogP contribution in [-0.2, 0) is 0 Å². The normalized spacial score (nSPS) is 23.5. The number of aliphatic hydroxyl groups is 1. The van der Waals surface area contributed by atoms with Crippen molar-refractivity contribution >= 4 is 11.8 Å². The fourth-order valence-electron chi connectivity index (χ4n) is 2.23. The zero-order valence-corrected chi connectivity index (χ0v) is 11.4. The summed E-state index contributed by atoms with van der Waals surface area (Å²) in [7, 11) is 0. The highest BCUT2D eigenvalue weighted by molar-refractivity contribution is 5.44. The number of anilines is 2. The fraction of sp³-hybridized carbons (Fsp3) is 0.692. The lowest BCUT2D eigenvalue weighted by Crippen LogP contribution is -2.42. The molecule has 0 amide bonds. The molecule has 2 atom stereocenters. The van der Waals surface area contributed by atoms with Crippen LogP contribution < -0.4 is 10.2 Å². The number of aliphatic hydroxyl groups excluding tert-OH is 1. The van der Waals surface area contributed by atoms with Crippen molar-refractivity contribution in [3.8, 4) is 0 Å². The van der Waals surface area contributed by atoms with Crippen LogP contribution in [0.3, 0.4) is 0 Å². The van der Waals surface area contributed by atoms with Gasteiger partial charge in [0.1, 0.15) is 0 Å². The van der Waals surface area contributed by atoms with E-state index in [0.29, 0.717) is 31.3 Å². The molecule has 0 aliphatic carbocycles. The van der Waals surface area contributed by atoms with Crippen molar-refractivity contribution < 1.29 is 9.50 Å². The minimum atomic E-state index is -0.411. The predicted molar refractivity (Wildman–Crippen MR) is 72.8 cm³/mol. The van der Waals surface area contributed by atoms with Crippen molar-refractivity contribution in [1.29, 1.82) is 0 Å². The third-order valence-electron chi connectivity index (χ3n) is 3.42. The lowest BCUT2D eigenvalue weighted by Gasteiger charge is -2.35. The van der Waals surface area contributed by atoms with E-state index in [4.69, 9.17) is 0 Å². The largest absolute Gasteiger partial charge is 0.393 e. The molecule has 6 heteroatoms. The smallest absolute Gasteiger partial charge is 0.224 e. The molecule has 0 saturated carbocycles. The topological polar surface area (TPSA) is 61.3 Å². The first kappa shape index (κ1) is 14.0. The third kappa shape index (κ3) is 3.32. The van der Waals surface area contributed by atoms with Crippen molar-refractivity contribution in [2.24, 2.45) is 5.92 Å². The van der Waals surface area contributed by atoms with E-state index in [9.17, 15) is 9.50 Å². The van der Waals surface area contributed by atoms with Crippen LogP contribution in [0.4, 0.5) is 16.2 Å². The van der Waals surface area contributed by atoms with Gasteiger partial charge in [-0.2, -0.15) is 4.98 Å². The van der Waals surface area contributed by atoms with Gasteiger partial charge in [0.2, 0.25) is 5.95 Å². The first-order valence-electron chi connectivity index (χ1n) is 6.81. The van der Waals surface area contributed by atoms with Crippen LogP contribution in [0.25, 0.3) is 0 Å². The number of nitrogens with one attached hydrogen (secondary N) is 1. The predicted octanol–water partition coefficient (Wildman–Crippen LogP) is 1.64. The zero-order valence-electron chi connectivity index (χ0n) is 11.4. The summed E-state index contributed by atoms with van der Waals surface area (Å²) in [5, 5.41) is 12.8. The number of piperidine rings is 1. The number of rotatable bonds is 4. The Kier molecular flexibility index (Phi) is 4.52. The second kappa shape index (κ2) is 6.14. The molecule has 1 aliphatic heterocycles. The van der Waals surface area contributed by atoms with E-state index in [-0.39, 0.29) is 12.0 Å². The average molecular weight is 268 g/mol. The molecule has 19 heavy (non-hydrogen) atoms. The summed E-state index contributed by atoms with van der Waals surface area (Å²) < 4.78 is 13.8. The molecule has 2 N–H and O–H groups in total. The standard InChI is InChI=1S/C13H21FN4O/c1-3-5-15-13-16-7-10(14)12(17-13)18-6-4-11(19)9(2)8-18/h7,9,11,19H,3-6,8H2,1-2H3,(H,15,16,17). The Morgan fingerprint density at radius 1 is 1.58 bits per heavy atom. The Morgan fingerprint density at radius 3 is 3.05 bits per heavy atom. The number of halogens is 1. The Bertz CT molecular complexity index is 429. The van der Waals surface area contributed by atoms with E-state index in [1.807, 2.05) is 18.7 Å². The molecule has 1 aliphatic rings. The molecular formula is C13H21FN4O. The number of aromatic nitrogens is 2. The van der Waals surface area contributed by atoms with Gasteiger partial charge in [0, 0.05) is 19.6 Å². The summed E-state index contributed by atoms with van der Waals surface area (Å²) in [5.74, 6) is 0.491. The second-order valence-electron chi connectivity index (χ2n) is 5.07. The van der Waals surface area contributed by atoms with Crippen LogP contribution in [0, 0.1) is 11.7 Å². The average Bonchev–Trinajstić information content (AvgIpc) is 2.41. The van der Waals surface area contributed by atoms with Crippen LogP contribution in [0.5, 0.6) is 0 Å². The van der Waals surface area contributed by atoms with Gasteiger partial charge in [-0.05, 0) is 18.8 Å². The quantitative estimate of drug-likeness (QED) is 0.869. The van der Waals surface area contributed by atoms with Crippen LogP contribution in [0.1, 0.15) is 26.7 Å². The molecule has 2 heterocycles. The number of hydrogen-bond acceptors (Lipinski definition) is 5. The summed E-state index contributed by atoms with van der Waals surface area (Å²) >= 11 is 0. The number of hydrogen-bond donors (Lipinski definition) is 2. The van der Waals surface area contributed by atoms with Crippen LogP contribution in [-0.4, -0.2) is 40.8 Å². The molecule has 2 rings (SSSR count). The first-order valence-corrected chi connectivity index (χ1v) is 6.81. The maximum absolute atomic E-state index is 13.8. The first-order chi connectivity index (χ1) is 9.11. The maximum Gasteiger partial charge on any atom is 0.224 e. The van der Waals surface area contributed by atoms with Crippen LogP contribution in [0.15, 0.2) is 6.20 Å². The SMILES string of the molecule is CCCNc1ncc(F)c(N2CCC(O)C(C)C2)n1. The number of nitrogens with zero attached hydrogens (tertiary/aromatic N) is 3. The van der Waals surface area contributed by atoms with Crippen LogP contribution in [0.2, 0.25) is 0 Å². The van der Waals surface area contributed by atoms with Crippen molar-refractivity contribution in [2.45, 2.75) is 32.8 Å². The van der Waals surface area contributed by atoms with Crippen molar-refractivity contribution in [3.63, 3.8) is 0 Å². The molecule has 5 nitrogen and oxygen atoms in total. The van der Waals surface area contributed by atoms with Gasteiger partial charge in [-0.25, -0.2) is 9.37 Å². The molecule has 0 aromatic carbocycles. The van der Waals surface area contributed by atoms with E-state index in [1.165, 1.54) is 6.20 Å². The molecule has 1 fully saturated rings. The fourth-order valence-corrected chi connectivity index (χ4v) is 2.23. The Morgan fingerprint density at radius 2 is 2.37 bits per heavy atom. The summed E-state index contributed by atoms with van der Waals surface area (Å²) in [4.78, 5) is 10.1. The van der Waals surface area contributed by atoms with Gasteiger partial charge in [0.25, 0.3) is 0 Å². The van der Waals surface area contributed by atoms with Gasteiger partial charge < -0.3 is 15.3 Å². The highest BCUT2D eigenvalue weighted by Gasteiger charge is 2.26. The van der Waals surface area contributed by atoms with Gasteiger partial charge in [-0.15, -0.1) is 0 Å². The highest BCUT2D eigenvalue weighted by atomic mass is 19.1. The molecule has 1 aromatic rings. The van der Waals surface area contributed by atoms with Gasteiger partial charge in [-0.3, -0.25) is 0 Å². The van der Waals surface area contributed by atoms with Gasteiger partial charge in [-0.1, -0.05) is 13.8 Å². The van der Waals surface area contributed by atoms with E-state index in [2.05, 4.69) is 15.3 Å². The maximum atomic E-state index is 13.8. The van der Waals surface area contributed by atoms with Crippen molar-refractivity contribution in [1.82, 2.24) is 9.97 Å². The molecule has 0 bridgehead atoms. The molecule has 2 unspecified atom stereocenters. The summed E-state index contributed by atoms with van der Waals surface area (Å²) in [6.07, 6.45) is 2.50. The molecule has 106 valence electrons. The monoisotopic (exact) mass is 268 g/mol. The van der Waals surface area contributed by atoms with Crippen LogP contribution >= 0.6 is 0 Å². The van der Waals surface area contributed by atoms with E-state index >= 15 is 0 Å². The molecule has 1 saturated heterocycles. The van der Waals surface area contributed by atoms with Gasteiger partial charge >= 0.3 is 0 Å². The third-order valence-corrected chi connectivity index (χ3v) is 3.42. The summed E-state index contributed by atoms with van der Waals surface area (Å²) in [6.45, 7) is 6.01. The van der Waals surface area contributed by atoms with Gasteiger partial charge in [0.05, 0.1) is 12.3 Å². The Balaban J connectivity index is 2.14. The zero-order chi connectivity index (χ0) is 13.8. The molecule has 0 radical (unpaired) electrons. The second-order valence-corrected chi connectivity index (χ2v) is 5.07. The van der Waals surface area contributed by atoms with Crippen molar-refractivity contribution in [2.75, 3.05) is 29.9 Å². The van der Waals surface area contributed by atoms with E-state index in [0.717, 1.165) is 13.0 Å². The lowest BCUT2D eigenvalue weighted by molar-refractivity contribution is 0.0966.